The molecule has 0 unspecified atom stereocenters. The van der Waals surface area contributed by atoms with E-state index in [1.54, 1.807) is 6.07 Å². The van der Waals surface area contributed by atoms with Gasteiger partial charge < -0.3 is 10.2 Å². The quantitative estimate of drug-likeness (QED) is 0.752. The molecule has 110 valence electrons. The number of nitrogens with one attached hydrogen (secondary N) is 2. The molecule has 0 spiro atoms. The van der Waals surface area contributed by atoms with Gasteiger partial charge in [0.15, 0.2) is 0 Å². The molecule has 1 aromatic rings. The number of thiophene rings is 1. The fraction of sp³-hybridized carbons (Fsp3) is 0.667. The molecule has 2 N–H and O–H groups in total. The van der Waals surface area contributed by atoms with Gasteiger partial charge >= 0.3 is 0 Å². The van der Waals surface area contributed by atoms with E-state index >= 15 is 0 Å². The van der Waals surface area contributed by atoms with Gasteiger partial charge in [0, 0.05) is 29.4 Å². The van der Waals surface area contributed by atoms with Gasteiger partial charge in [0.2, 0.25) is 10.0 Å². The molecule has 7 heteroatoms. The fourth-order valence-electron chi connectivity index (χ4n) is 1.61. The summed E-state index contributed by atoms with van der Waals surface area (Å²) in [6.45, 7) is 6.58. The lowest BCUT2D eigenvalue weighted by Crippen LogP contribution is -2.31. The van der Waals surface area contributed by atoms with Gasteiger partial charge in [-0.2, -0.15) is 0 Å². The van der Waals surface area contributed by atoms with Gasteiger partial charge in [-0.25, -0.2) is 13.1 Å². The van der Waals surface area contributed by atoms with E-state index in [0.717, 1.165) is 22.8 Å². The summed E-state index contributed by atoms with van der Waals surface area (Å²) in [5.41, 5.74) is 0. The molecule has 5 nitrogen and oxygen atoms in total. The summed E-state index contributed by atoms with van der Waals surface area (Å²) in [5.74, 6) is 0. The van der Waals surface area contributed by atoms with Crippen molar-refractivity contribution in [3.8, 4) is 0 Å². The largest absolute Gasteiger partial charge is 0.312 e. The maximum absolute atomic E-state index is 12.2. The molecule has 0 saturated heterocycles. The molecular formula is C12H23N3O2S2. The maximum atomic E-state index is 12.2. The second-order valence-electron chi connectivity index (χ2n) is 4.61. The topological polar surface area (TPSA) is 61.4 Å². The Kier molecular flexibility index (Phi) is 6.41. The molecule has 1 rings (SSSR count). The minimum atomic E-state index is -3.38. The Bertz CT molecular complexity index is 495. The zero-order chi connectivity index (χ0) is 14.5. The van der Waals surface area contributed by atoms with E-state index in [1.165, 1.54) is 11.3 Å². The third-order valence-electron chi connectivity index (χ3n) is 2.61. The predicted molar refractivity (Wildman–Crippen MR) is 80.2 cm³/mol. The molecule has 1 aromatic heterocycles. The average Bonchev–Trinajstić information content (AvgIpc) is 2.68. The van der Waals surface area contributed by atoms with Crippen molar-refractivity contribution in [2.24, 2.45) is 0 Å². The number of rotatable bonds is 8. The van der Waals surface area contributed by atoms with E-state index in [9.17, 15) is 8.42 Å². The highest BCUT2D eigenvalue weighted by atomic mass is 32.2. The number of likely N-dealkylation sites (N-methyl/N-ethyl adjacent to an activating group) is 1. The van der Waals surface area contributed by atoms with Crippen LogP contribution in [-0.4, -0.2) is 47.0 Å². The lowest BCUT2D eigenvalue weighted by atomic mass is 10.4. The zero-order valence-electron chi connectivity index (χ0n) is 12.0. The van der Waals surface area contributed by atoms with Crippen LogP contribution >= 0.6 is 11.3 Å². The van der Waals surface area contributed by atoms with Gasteiger partial charge in [0.05, 0.1) is 4.90 Å². The summed E-state index contributed by atoms with van der Waals surface area (Å²) in [6, 6.07) is 1.76. The predicted octanol–water partition coefficient (Wildman–Crippen LogP) is 1.01. The monoisotopic (exact) mass is 305 g/mol. The number of hydrogen-bond acceptors (Lipinski definition) is 5. The first-order chi connectivity index (χ1) is 8.86. The van der Waals surface area contributed by atoms with Crippen LogP contribution in [0.2, 0.25) is 0 Å². The molecule has 0 bridgehead atoms. The van der Waals surface area contributed by atoms with Crippen LogP contribution in [0.1, 0.15) is 16.7 Å². The van der Waals surface area contributed by atoms with Crippen LogP contribution in [0, 0.1) is 6.92 Å². The van der Waals surface area contributed by atoms with Crippen molar-refractivity contribution >= 4 is 21.4 Å². The van der Waals surface area contributed by atoms with Crippen LogP contribution in [0.3, 0.4) is 0 Å². The Morgan fingerprint density at radius 3 is 2.63 bits per heavy atom. The fourth-order valence-corrected chi connectivity index (χ4v) is 4.23. The minimum absolute atomic E-state index is 0.407. The standard InChI is InChI=1S/C12H23N3O2S2/c1-5-13-9-11-8-12(10(2)18-11)19(16,17)14-6-7-15(3)4/h8,13-14H,5-7,9H2,1-4H3. The summed E-state index contributed by atoms with van der Waals surface area (Å²) >= 11 is 1.53. The Hall–Kier alpha value is -0.470. The minimum Gasteiger partial charge on any atom is -0.312 e. The maximum Gasteiger partial charge on any atom is 0.241 e. The third kappa shape index (κ3) is 5.19. The molecular weight excluding hydrogens is 282 g/mol. The van der Waals surface area contributed by atoms with Crippen LogP contribution < -0.4 is 10.0 Å². The van der Waals surface area contributed by atoms with E-state index in [2.05, 4.69) is 10.0 Å². The van der Waals surface area contributed by atoms with Crippen LogP contribution in [0.5, 0.6) is 0 Å². The molecule has 1 heterocycles. The smallest absolute Gasteiger partial charge is 0.241 e. The van der Waals surface area contributed by atoms with Crippen molar-refractivity contribution in [2.45, 2.75) is 25.3 Å². The number of hydrogen-bond donors (Lipinski definition) is 2. The van der Waals surface area contributed by atoms with Crippen molar-refractivity contribution in [1.29, 1.82) is 0 Å². The second-order valence-corrected chi connectivity index (χ2v) is 7.69. The normalized spacial score (nSPS) is 12.3. The molecule has 0 fully saturated rings. The molecule has 19 heavy (non-hydrogen) atoms. The molecule has 0 saturated carbocycles. The SMILES string of the molecule is CCNCc1cc(S(=O)(=O)NCCN(C)C)c(C)s1. The molecule has 0 aliphatic carbocycles. The van der Waals surface area contributed by atoms with Crippen molar-refractivity contribution in [1.82, 2.24) is 14.9 Å². The zero-order valence-corrected chi connectivity index (χ0v) is 13.6. The first-order valence-corrected chi connectivity index (χ1v) is 8.61. The van der Waals surface area contributed by atoms with E-state index in [1.807, 2.05) is 32.8 Å². The summed E-state index contributed by atoms with van der Waals surface area (Å²) in [4.78, 5) is 4.24. The highest BCUT2D eigenvalue weighted by Gasteiger charge is 2.19. The van der Waals surface area contributed by atoms with Crippen LogP contribution in [0.15, 0.2) is 11.0 Å². The van der Waals surface area contributed by atoms with Crippen LogP contribution in [0.4, 0.5) is 0 Å². The summed E-state index contributed by atoms with van der Waals surface area (Å²) in [5, 5.41) is 3.20. The lowest BCUT2D eigenvalue weighted by molar-refractivity contribution is 0.412. The molecule has 0 radical (unpaired) electrons. The summed E-state index contributed by atoms with van der Waals surface area (Å²) in [7, 11) is 0.446. The Morgan fingerprint density at radius 1 is 1.37 bits per heavy atom. The lowest BCUT2D eigenvalue weighted by Gasteiger charge is -2.10. The van der Waals surface area contributed by atoms with Gasteiger partial charge in [-0.15, -0.1) is 11.3 Å². The van der Waals surface area contributed by atoms with Crippen molar-refractivity contribution in [2.75, 3.05) is 33.7 Å². The second kappa shape index (κ2) is 7.35. The number of sulfonamides is 1. The highest BCUT2D eigenvalue weighted by molar-refractivity contribution is 7.89. The number of aryl methyl sites for hydroxylation is 1. The molecule has 0 amide bonds. The average molecular weight is 305 g/mol. The van der Waals surface area contributed by atoms with E-state index in [0.29, 0.717) is 18.0 Å². The van der Waals surface area contributed by atoms with E-state index < -0.39 is 10.0 Å². The molecule has 0 aromatic carbocycles. The van der Waals surface area contributed by atoms with Gasteiger partial charge in [-0.1, -0.05) is 6.92 Å². The summed E-state index contributed by atoms with van der Waals surface area (Å²) in [6.07, 6.45) is 0. The first kappa shape index (κ1) is 16.6. The Morgan fingerprint density at radius 2 is 2.05 bits per heavy atom. The van der Waals surface area contributed by atoms with E-state index in [-0.39, 0.29) is 0 Å². The van der Waals surface area contributed by atoms with Crippen molar-refractivity contribution < 1.29 is 8.42 Å². The first-order valence-electron chi connectivity index (χ1n) is 6.31. The van der Waals surface area contributed by atoms with Gasteiger partial charge in [0.1, 0.15) is 0 Å². The summed E-state index contributed by atoms with van der Waals surface area (Å²) < 4.78 is 27.0. The van der Waals surface area contributed by atoms with Crippen LogP contribution in [-0.2, 0) is 16.6 Å². The van der Waals surface area contributed by atoms with Crippen molar-refractivity contribution in [3.05, 3.63) is 15.8 Å². The van der Waals surface area contributed by atoms with Gasteiger partial charge in [-0.3, -0.25) is 0 Å². The number of nitrogens with zero attached hydrogens (tertiary/aromatic N) is 1. The van der Waals surface area contributed by atoms with E-state index in [4.69, 9.17) is 0 Å². The molecule has 0 atom stereocenters. The third-order valence-corrected chi connectivity index (χ3v) is 5.38. The van der Waals surface area contributed by atoms with Gasteiger partial charge in [0.25, 0.3) is 0 Å². The molecule has 0 aliphatic rings. The van der Waals surface area contributed by atoms with Crippen LogP contribution in [0.25, 0.3) is 0 Å². The Labute approximate surface area is 120 Å². The molecule has 0 aliphatic heterocycles. The van der Waals surface area contributed by atoms with Gasteiger partial charge in [-0.05, 0) is 33.6 Å². The Balaban J connectivity index is 2.74. The highest BCUT2D eigenvalue weighted by Crippen LogP contribution is 2.25. The van der Waals surface area contributed by atoms with Crippen molar-refractivity contribution in [3.63, 3.8) is 0 Å².